The number of hydrogen-bond donors (Lipinski definition) is 0. The number of thioether (sulfide) groups is 1. The highest BCUT2D eigenvalue weighted by atomic mass is 32.2. The summed E-state index contributed by atoms with van der Waals surface area (Å²) in [7, 11) is 0. The van der Waals surface area contributed by atoms with Gasteiger partial charge in [-0.2, -0.15) is 4.57 Å². The molecule has 0 bridgehead atoms. The van der Waals surface area contributed by atoms with E-state index in [1.165, 1.54) is 62.5 Å². The van der Waals surface area contributed by atoms with E-state index in [2.05, 4.69) is 140 Å². The molecule has 0 N–H and O–H groups in total. The summed E-state index contributed by atoms with van der Waals surface area (Å²) in [4.78, 5) is 5.18. The average molecular weight is 618 g/mol. The summed E-state index contributed by atoms with van der Waals surface area (Å²) in [5, 5.41) is 3.96. The summed E-state index contributed by atoms with van der Waals surface area (Å²) in [6.45, 7) is 11.2. The maximum atomic E-state index is 2.49. The van der Waals surface area contributed by atoms with Gasteiger partial charge in [0, 0.05) is 33.2 Å². The Bertz CT molecular complexity index is 1930. The Balaban J connectivity index is 1.17. The molecule has 7 rings (SSSR count). The van der Waals surface area contributed by atoms with Crippen LogP contribution in [-0.4, -0.2) is 6.54 Å². The number of hydrogen-bond acceptors (Lipinski definition) is 4. The number of fused-ring (bicyclic) bond motifs is 3. The number of benzene rings is 3. The topological polar surface area (TPSA) is 7.12 Å². The maximum absolute atomic E-state index is 2.49. The third-order valence-electron chi connectivity index (χ3n) is 8.30. The van der Waals surface area contributed by atoms with E-state index in [0.29, 0.717) is 0 Å². The van der Waals surface area contributed by atoms with Crippen LogP contribution in [-0.2, 0) is 6.54 Å². The molecular formula is C38H37N2S3+. The molecular weight excluding hydrogens is 581 g/mol. The molecule has 5 aromatic rings. The Hall–Kier alpha value is -3.38. The van der Waals surface area contributed by atoms with E-state index in [0.717, 1.165) is 25.9 Å². The molecule has 0 unspecified atom stereocenters. The SMILES string of the molecule is CCN1/C(=C/C2=CC(=C\C=C\c3sc4ccccc4[n+]3CC)/CC(C)(C)C2)Sc2ccc(-c3cc4ccccc4s3)cc21. The molecule has 0 fully saturated rings. The highest BCUT2D eigenvalue weighted by Gasteiger charge is 2.28. The number of rotatable bonds is 6. The highest BCUT2D eigenvalue weighted by molar-refractivity contribution is 8.03. The smallest absolute Gasteiger partial charge is 0.262 e. The van der Waals surface area contributed by atoms with Crippen LogP contribution in [0.1, 0.15) is 45.5 Å². The van der Waals surface area contributed by atoms with Crippen molar-refractivity contribution >= 4 is 66.5 Å². The van der Waals surface area contributed by atoms with Gasteiger partial charge >= 0.3 is 0 Å². The van der Waals surface area contributed by atoms with E-state index < -0.39 is 0 Å². The molecule has 43 heavy (non-hydrogen) atoms. The van der Waals surface area contributed by atoms with Crippen molar-refractivity contribution in [1.29, 1.82) is 0 Å². The second-order valence-electron chi connectivity index (χ2n) is 12.1. The first-order chi connectivity index (χ1) is 20.9. The first-order valence-corrected chi connectivity index (χ1v) is 17.6. The number of thiophene rings is 1. The predicted molar refractivity (Wildman–Crippen MR) is 190 cm³/mol. The van der Waals surface area contributed by atoms with Crippen LogP contribution in [0.2, 0.25) is 0 Å². The molecule has 0 amide bonds. The lowest BCUT2D eigenvalue weighted by Gasteiger charge is -2.31. The van der Waals surface area contributed by atoms with Gasteiger partial charge in [0.05, 0.1) is 10.7 Å². The van der Waals surface area contributed by atoms with Gasteiger partial charge in [0.25, 0.3) is 5.01 Å². The van der Waals surface area contributed by atoms with Crippen LogP contribution in [0.25, 0.3) is 36.8 Å². The Morgan fingerprint density at radius 2 is 1.72 bits per heavy atom. The van der Waals surface area contributed by atoms with Crippen LogP contribution in [0, 0.1) is 5.41 Å². The molecule has 2 aromatic heterocycles. The fourth-order valence-electron chi connectivity index (χ4n) is 6.44. The zero-order valence-corrected chi connectivity index (χ0v) is 27.7. The number of para-hydroxylation sites is 1. The Kier molecular flexibility index (Phi) is 7.66. The van der Waals surface area contributed by atoms with E-state index in [9.17, 15) is 0 Å². The van der Waals surface area contributed by atoms with Crippen LogP contribution in [0.5, 0.6) is 0 Å². The van der Waals surface area contributed by atoms with E-state index in [4.69, 9.17) is 0 Å². The normalized spacial score (nSPS) is 18.4. The van der Waals surface area contributed by atoms with Gasteiger partial charge in [-0.05, 0) is 90.6 Å². The molecule has 0 spiro atoms. The molecule has 0 saturated carbocycles. The highest BCUT2D eigenvalue weighted by Crippen LogP contribution is 2.49. The van der Waals surface area contributed by atoms with E-state index in [-0.39, 0.29) is 5.41 Å². The average Bonchev–Trinajstić information content (AvgIpc) is 3.68. The van der Waals surface area contributed by atoms with Crippen molar-refractivity contribution in [2.75, 3.05) is 11.4 Å². The van der Waals surface area contributed by atoms with Crippen LogP contribution in [0.4, 0.5) is 5.69 Å². The fraction of sp³-hybridized carbons (Fsp3) is 0.237. The van der Waals surface area contributed by atoms with Crippen molar-refractivity contribution in [2.24, 2.45) is 5.41 Å². The van der Waals surface area contributed by atoms with Crippen molar-refractivity contribution in [3.05, 3.63) is 118 Å². The van der Waals surface area contributed by atoms with Gasteiger partial charge in [-0.15, -0.1) is 11.3 Å². The number of anilines is 1. The fourth-order valence-corrected chi connectivity index (χ4v) is 9.82. The van der Waals surface area contributed by atoms with Crippen molar-refractivity contribution in [3.63, 3.8) is 0 Å². The van der Waals surface area contributed by atoms with Crippen molar-refractivity contribution in [2.45, 2.75) is 52.0 Å². The number of allylic oxidation sites excluding steroid dienone is 6. The van der Waals surface area contributed by atoms with Crippen LogP contribution in [0.3, 0.4) is 0 Å². The monoisotopic (exact) mass is 617 g/mol. The molecule has 1 aliphatic carbocycles. The summed E-state index contributed by atoms with van der Waals surface area (Å²) < 4.78 is 5.10. The van der Waals surface area contributed by atoms with Crippen LogP contribution in [0.15, 0.2) is 118 Å². The lowest BCUT2D eigenvalue weighted by molar-refractivity contribution is -0.665. The second-order valence-corrected chi connectivity index (χ2v) is 15.4. The van der Waals surface area contributed by atoms with Crippen molar-refractivity contribution in [3.8, 4) is 10.4 Å². The van der Waals surface area contributed by atoms with E-state index >= 15 is 0 Å². The predicted octanol–water partition coefficient (Wildman–Crippen LogP) is 11.2. The summed E-state index contributed by atoms with van der Waals surface area (Å²) in [6, 6.07) is 26.7. The Morgan fingerprint density at radius 3 is 2.53 bits per heavy atom. The van der Waals surface area contributed by atoms with Gasteiger partial charge in [-0.3, -0.25) is 0 Å². The zero-order chi connectivity index (χ0) is 29.6. The first-order valence-electron chi connectivity index (χ1n) is 15.2. The molecule has 2 aliphatic rings. The Morgan fingerprint density at radius 1 is 0.907 bits per heavy atom. The lowest BCUT2D eigenvalue weighted by Crippen LogP contribution is -2.33. The second kappa shape index (κ2) is 11.6. The third-order valence-corrected chi connectivity index (χ3v) is 11.7. The summed E-state index contributed by atoms with van der Waals surface area (Å²) >= 11 is 5.66. The molecule has 0 radical (unpaired) electrons. The molecule has 3 aromatic carbocycles. The summed E-state index contributed by atoms with van der Waals surface area (Å²) in [5.41, 5.74) is 7.00. The minimum Gasteiger partial charge on any atom is -0.335 e. The lowest BCUT2D eigenvalue weighted by atomic mass is 9.75. The summed E-state index contributed by atoms with van der Waals surface area (Å²) in [6.07, 6.45) is 13.9. The molecule has 1 aliphatic heterocycles. The van der Waals surface area contributed by atoms with Crippen LogP contribution >= 0.6 is 34.4 Å². The van der Waals surface area contributed by atoms with E-state index in [1.807, 2.05) is 34.4 Å². The van der Waals surface area contributed by atoms with Crippen molar-refractivity contribution in [1.82, 2.24) is 0 Å². The largest absolute Gasteiger partial charge is 0.335 e. The standard InChI is InChI=1S/C38H37N2S3/c1-5-39-30-14-8-10-16-33(30)42-36(39)17-11-12-26-20-27(25-38(3,4)24-26)21-37-40(6-2)31-22-29(18-19-34(31)43-37)35-23-28-13-7-9-15-32(28)41-35/h7-23H,5-6,24-25H2,1-4H3/q+1. The van der Waals surface area contributed by atoms with Gasteiger partial charge in [-0.1, -0.05) is 91.6 Å². The zero-order valence-electron chi connectivity index (χ0n) is 25.3. The number of nitrogens with zero attached hydrogens (tertiary/aromatic N) is 2. The minimum absolute atomic E-state index is 0.225. The first kappa shape index (κ1) is 28.4. The minimum atomic E-state index is 0.225. The van der Waals surface area contributed by atoms with Gasteiger partial charge in [0.1, 0.15) is 11.2 Å². The van der Waals surface area contributed by atoms with Gasteiger partial charge in [-0.25, -0.2) is 0 Å². The maximum Gasteiger partial charge on any atom is 0.262 e. The molecule has 5 heteroatoms. The van der Waals surface area contributed by atoms with Gasteiger partial charge < -0.3 is 4.90 Å². The molecule has 3 heterocycles. The third kappa shape index (κ3) is 5.66. The molecule has 2 nitrogen and oxygen atoms in total. The van der Waals surface area contributed by atoms with Crippen LogP contribution < -0.4 is 9.47 Å². The number of aryl methyl sites for hydroxylation is 1. The molecule has 0 atom stereocenters. The summed E-state index contributed by atoms with van der Waals surface area (Å²) in [5.74, 6) is 0. The van der Waals surface area contributed by atoms with E-state index in [1.54, 1.807) is 0 Å². The molecule has 0 saturated heterocycles. The van der Waals surface area contributed by atoms with Gasteiger partial charge in [0.15, 0.2) is 0 Å². The Labute approximate surface area is 267 Å². The van der Waals surface area contributed by atoms with Crippen molar-refractivity contribution < 1.29 is 4.57 Å². The van der Waals surface area contributed by atoms with Gasteiger partial charge in [0.2, 0.25) is 5.52 Å². The quantitative estimate of drug-likeness (QED) is 0.175. The number of aromatic nitrogens is 1. The molecule has 216 valence electrons. The number of thiazole rings is 1.